The number of aromatic nitrogens is 5. The lowest BCUT2D eigenvalue weighted by Crippen LogP contribution is -2.41. The Kier molecular flexibility index (Phi) is 4.53. The molecule has 9 heteroatoms. The van der Waals surface area contributed by atoms with Gasteiger partial charge in [0.1, 0.15) is 5.52 Å². The number of anilines is 1. The Bertz CT molecular complexity index is 1150. The Morgan fingerprint density at radius 1 is 1.21 bits per heavy atom. The zero-order valence-corrected chi connectivity index (χ0v) is 16.0. The zero-order valence-electron chi connectivity index (χ0n) is 16.0. The second-order valence-electron chi connectivity index (χ2n) is 7.11. The number of ether oxygens (including phenoxy) is 2. The molecular weight excluding hydrogens is 372 g/mol. The summed E-state index contributed by atoms with van der Waals surface area (Å²) in [5.41, 5.74) is 3.88. The van der Waals surface area contributed by atoms with Crippen molar-refractivity contribution in [1.29, 1.82) is 0 Å². The second kappa shape index (κ2) is 7.34. The van der Waals surface area contributed by atoms with E-state index in [4.69, 9.17) is 14.6 Å². The van der Waals surface area contributed by atoms with Crippen molar-refractivity contribution in [3.63, 3.8) is 0 Å². The van der Waals surface area contributed by atoms with Crippen molar-refractivity contribution in [3.8, 4) is 17.0 Å². The molecule has 4 aromatic rings. The third-order valence-electron chi connectivity index (χ3n) is 5.26. The van der Waals surface area contributed by atoms with E-state index in [2.05, 4.69) is 26.6 Å². The van der Waals surface area contributed by atoms with Crippen molar-refractivity contribution < 1.29 is 14.6 Å². The number of rotatable bonds is 7. The van der Waals surface area contributed by atoms with Crippen LogP contribution in [0.15, 0.2) is 42.9 Å². The lowest BCUT2D eigenvalue weighted by Gasteiger charge is -2.35. The topological polar surface area (TPSA) is 98.2 Å². The molecule has 0 radical (unpaired) electrons. The highest BCUT2D eigenvalue weighted by atomic mass is 16.5. The van der Waals surface area contributed by atoms with E-state index in [1.165, 1.54) is 0 Å². The van der Waals surface area contributed by atoms with Gasteiger partial charge < -0.3 is 19.9 Å². The van der Waals surface area contributed by atoms with Crippen LogP contribution in [-0.2, 0) is 4.74 Å². The van der Waals surface area contributed by atoms with Gasteiger partial charge in [-0.3, -0.25) is 0 Å². The zero-order chi connectivity index (χ0) is 19.8. The minimum absolute atomic E-state index is 0.0511. The molecule has 9 nitrogen and oxygen atoms in total. The summed E-state index contributed by atoms with van der Waals surface area (Å²) >= 11 is 0. The molecule has 5 rings (SSSR count). The van der Waals surface area contributed by atoms with Crippen molar-refractivity contribution in [2.45, 2.75) is 25.0 Å². The molecule has 0 saturated heterocycles. The number of methoxy groups -OCH3 is 1. The van der Waals surface area contributed by atoms with Crippen molar-refractivity contribution >= 4 is 17.0 Å². The number of fused-ring (bicyclic) bond motifs is 2. The Balaban J connectivity index is 1.42. The summed E-state index contributed by atoms with van der Waals surface area (Å²) in [6.07, 6.45) is 7.54. The number of aliphatic hydroxyl groups is 1. The van der Waals surface area contributed by atoms with E-state index in [9.17, 15) is 0 Å². The molecule has 150 valence electrons. The van der Waals surface area contributed by atoms with Gasteiger partial charge in [0.15, 0.2) is 0 Å². The standard InChI is InChI=1S/C20H22N6O3/c1-28-19-18-17(13-3-6-25-15(10-13)2-5-21-25)4-7-26(18)24-20(23-19)22-14-11-16(12-14)29-9-8-27/h2-7,10,14,16,27H,8-9,11-12H2,1H3,(H,22,24)/t14-,16+. The van der Waals surface area contributed by atoms with Gasteiger partial charge in [0.05, 0.1) is 31.9 Å². The summed E-state index contributed by atoms with van der Waals surface area (Å²) in [6.45, 7) is 0.431. The lowest BCUT2D eigenvalue weighted by atomic mass is 9.89. The molecule has 2 N–H and O–H groups in total. The van der Waals surface area contributed by atoms with E-state index in [0.717, 1.165) is 35.0 Å². The number of hydrogen-bond acceptors (Lipinski definition) is 7. The summed E-state index contributed by atoms with van der Waals surface area (Å²) in [4.78, 5) is 4.58. The second-order valence-corrected chi connectivity index (χ2v) is 7.11. The number of hydrogen-bond donors (Lipinski definition) is 2. The van der Waals surface area contributed by atoms with Gasteiger partial charge in [0, 0.05) is 30.2 Å². The van der Waals surface area contributed by atoms with E-state index in [1.807, 2.05) is 35.1 Å². The molecule has 1 saturated carbocycles. The smallest absolute Gasteiger partial charge is 0.244 e. The van der Waals surface area contributed by atoms with Crippen molar-refractivity contribution in [2.75, 3.05) is 25.6 Å². The first kappa shape index (κ1) is 17.9. The fraction of sp³-hybridized carbons (Fsp3) is 0.350. The average Bonchev–Trinajstić information content (AvgIpc) is 3.35. The van der Waals surface area contributed by atoms with E-state index in [1.54, 1.807) is 17.8 Å². The molecule has 4 heterocycles. The molecule has 0 atom stereocenters. The van der Waals surface area contributed by atoms with E-state index in [-0.39, 0.29) is 18.8 Å². The first-order valence-corrected chi connectivity index (χ1v) is 9.61. The molecule has 1 aliphatic carbocycles. The average molecular weight is 394 g/mol. The summed E-state index contributed by atoms with van der Waals surface area (Å²) < 4.78 is 14.7. The van der Waals surface area contributed by atoms with Gasteiger partial charge in [0.25, 0.3) is 0 Å². The molecule has 0 bridgehead atoms. The van der Waals surface area contributed by atoms with E-state index >= 15 is 0 Å². The fourth-order valence-corrected chi connectivity index (χ4v) is 3.74. The quantitative estimate of drug-likeness (QED) is 0.495. The van der Waals surface area contributed by atoms with Crippen LogP contribution in [0, 0.1) is 0 Å². The van der Waals surface area contributed by atoms with Gasteiger partial charge in [-0.05, 0) is 42.7 Å². The minimum atomic E-state index is 0.0511. The first-order valence-electron chi connectivity index (χ1n) is 9.61. The predicted molar refractivity (Wildman–Crippen MR) is 107 cm³/mol. The maximum Gasteiger partial charge on any atom is 0.244 e. The highest BCUT2D eigenvalue weighted by molar-refractivity contribution is 5.85. The number of aliphatic hydroxyl groups excluding tert-OH is 1. The van der Waals surface area contributed by atoms with Crippen LogP contribution in [0.2, 0.25) is 0 Å². The van der Waals surface area contributed by atoms with Crippen LogP contribution in [0.25, 0.3) is 22.2 Å². The molecule has 29 heavy (non-hydrogen) atoms. The normalized spacial score (nSPS) is 18.8. The highest BCUT2D eigenvalue weighted by Gasteiger charge is 2.30. The van der Waals surface area contributed by atoms with Crippen LogP contribution in [-0.4, -0.2) is 61.8 Å². The van der Waals surface area contributed by atoms with Crippen LogP contribution >= 0.6 is 0 Å². The van der Waals surface area contributed by atoms with Gasteiger partial charge in [-0.2, -0.15) is 10.1 Å². The molecule has 4 aromatic heterocycles. The molecular formula is C20H22N6O3. The summed E-state index contributed by atoms with van der Waals surface area (Å²) in [5, 5.41) is 21.0. The lowest BCUT2D eigenvalue weighted by molar-refractivity contribution is -0.0196. The van der Waals surface area contributed by atoms with Crippen LogP contribution < -0.4 is 10.1 Å². The van der Waals surface area contributed by atoms with Gasteiger partial charge >= 0.3 is 0 Å². The Morgan fingerprint density at radius 2 is 2.07 bits per heavy atom. The maximum absolute atomic E-state index is 8.84. The Hall–Kier alpha value is -3.17. The van der Waals surface area contributed by atoms with Crippen LogP contribution in [0.1, 0.15) is 12.8 Å². The van der Waals surface area contributed by atoms with Gasteiger partial charge in [0.2, 0.25) is 11.8 Å². The fourth-order valence-electron chi connectivity index (χ4n) is 3.74. The summed E-state index contributed by atoms with van der Waals surface area (Å²) in [5.74, 6) is 1.04. The molecule has 1 fully saturated rings. The highest BCUT2D eigenvalue weighted by Crippen LogP contribution is 2.33. The summed E-state index contributed by atoms with van der Waals surface area (Å²) in [6, 6.07) is 8.32. The molecule has 0 spiro atoms. The Morgan fingerprint density at radius 3 is 2.90 bits per heavy atom. The molecule has 0 amide bonds. The van der Waals surface area contributed by atoms with Crippen molar-refractivity contribution in [1.82, 2.24) is 24.2 Å². The van der Waals surface area contributed by atoms with E-state index < -0.39 is 0 Å². The predicted octanol–water partition coefficient (Wildman–Crippen LogP) is 2.00. The molecule has 0 unspecified atom stereocenters. The first-order chi connectivity index (χ1) is 14.2. The van der Waals surface area contributed by atoms with Gasteiger partial charge in [-0.15, -0.1) is 5.10 Å². The third-order valence-corrected chi connectivity index (χ3v) is 5.26. The molecule has 0 aromatic carbocycles. The third kappa shape index (κ3) is 3.28. The van der Waals surface area contributed by atoms with Gasteiger partial charge in [-0.1, -0.05) is 0 Å². The van der Waals surface area contributed by atoms with Crippen LogP contribution in [0.5, 0.6) is 5.88 Å². The van der Waals surface area contributed by atoms with Gasteiger partial charge in [-0.25, -0.2) is 9.03 Å². The van der Waals surface area contributed by atoms with E-state index in [0.29, 0.717) is 18.4 Å². The molecule has 0 aliphatic heterocycles. The summed E-state index contributed by atoms with van der Waals surface area (Å²) in [7, 11) is 1.62. The van der Waals surface area contributed by atoms with Crippen molar-refractivity contribution in [2.24, 2.45) is 0 Å². The largest absolute Gasteiger partial charge is 0.479 e. The molecule has 1 aliphatic rings. The minimum Gasteiger partial charge on any atom is -0.479 e. The maximum atomic E-state index is 8.84. The SMILES string of the molecule is COc1nc(N[C@H]2C[C@@H](OCCO)C2)nn2ccc(-c3ccn4nccc4c3)c12. The van der Waals surface area contributed by atoms with Crippen LogP contribution in [0.4, 0.5) is 5.95 Å². The number of nitrogens with zero attached hydrogens (tertiary/aromatic N) is 5. The number of nitrogens with one attached hydrogen (secondary N) is 1. The Labute approximate surface area is 166 Å². The number of pyridine rings is 1. The monoisotopic (exact) mass is 394 g/mol. The van der Waals surface area contributed by atoms with Crippen LogP contribution in [0.3, 0.4) is 0 Å². The van der Waals surface area contributed by atoms with Crippen molar-refractivity contribution in [3.05, 3.63) is 42.9 Å².